The first kappa shape index (κ1) is 14.0. The van der Waals surface area contributed by atoms with Crippen molar-refractivity contribution in [1.29, 1.82) is 5.26 Å². The van der Waals surface area contributed by atoms with Gasteiger partial charge in [-0.3, -0.25) is 10.3 Å². The lowest BCUT2D eigenvalue weighted by Crippen LogP contribution is -2.19. The van der Waals surface area contributed by atoms with Crippen LogP contribution in [0.15, 0.2) is 48.8 Å². The molecule has 1 unspecified atom stereocenters. The number of ether oxygens (including phenoxy) is 1. The number of hydrogen-bond donors (Lipinski definition) is 1. The molecule has 0 bridgehead atoms. The van der Waals surface area contributed by atoms with Crippen LogP contribution in [0.25, 0.3) is 0 Å². The van der Waals surface area contributed by atoms with Gasteiger partial charge in [-0.15, -0.1) is 0 Å². The second-order valence-corrected chi connectivity index (χ2v) is 4.30. The van der Waals surface area contributed by atoms with Gasteiger partial charge in [-0.05, 0) is 42.3 Å². The van der Waals surface area contributed by atoms with Gasteiger partial charge in [0.1, 0.15) is 11.8 Å². The minimum Gasteiger partial charge on any atom is -0.494 e. The normalized spacial score (nSPS) is 11.6. The van der Waals surface area contributed by atoms with Crippen LogP contribution in [0.2, 0.25) is 0 Å². The third-order valence-corrected chi connectivity index (χ3v) is 2.91. The molecule has 1 aromatic carbocycles. The lowest BCUT2D eigenvalue weighted by atomic mass is 10.1. The Hall–Kier alpha value is -2.38. The molecule has 1 aromatic heterocycles. The number of hydrogen-bond acceptors (Lipinski definition) is 4. The molecule has 1 N–H and O–H groups in total. The van der Waals surface area contributed by atoms with Crippen molar-refractivity contribution in [3.8, 4) is 11.8 Å². The highest BCUT2D eigenvalue weighted by atomic mass is 16.5. The van der Waals surface area contributed by atoms with E-state index in [0.717, 1.165) is 16.9 Å². The lowest BCUT2D eigenvalue weighted by Gasteiger charge is -2.12. The van der Waals surface area contributed by atoms with E-state index in [0.29, 0.717) is 13.2 Å². The zero-order chi connectivity index (χ0) is 14.2. The average molecular weight is 267 g/mol. The number of pyridine rings is 1. The van der Waals surface area contributed by atoms with Gasteiger partial charge in [-0.25, -0.2) is 0 Å². The Morgan fingerprint density at radius 3 is 2.50 bits per heavy atom. The molecule has 0 saturated carbocycles. The Bertz CT molecular complexity index is 561. The molecular formula is C16H17N3O. The van der Waals surface area contributed by atoms with Crippen LogP contribution in [0.1, 0.15) is 24.1 Å². The topological polar surface area (TPSA) is 57.9 Å². The van der Waals surface area contributed by atoms with Crippen molar-refractivity contribution in [2.75, 3.05) is 6.61 Å². The molecule has 0 amide bonds. The zero-order valence-corrected chi connectivity index (χ0v) is 11.4. The van der Waals surface area contributed by atoms with E-state index in [2.05, 4.69) is 16.4 Å². The highest BCUT2D eigenvalue weighted by Crippen LogP contribution is 2.18. The fourth-order valence-electron chi connectivity index (χ4n) is 1.88. The van der Waals surface area contributed by atoms with Crippen LogP contribution in [0, 0.1) is 11.3 Å². The number of rotatable bonds is 6. The van der Waals surface area contributed by atoms with Crippen molar-refractivity contribution in [2.24, 2.45) is 0 Å². The molecule has 1 atom stereocenters. The molecule has 0 aliphatic rings. The summed E-state index contributed by atoms with van der Waals surface area (Å²) in [5.74, 6) is 0.821. The third kappa shape index (κ3) is 3.81. The summed E-state index contributed by atoms with van der Waals surface area (Å²) in [6.45, 7) is 3.22. The standard InChI is InChI=1S/C16H17N3O/c1-2-20-15-5-3-14(4-6-15)16(11-17)19-12-13-7-9-18-10-8-13/h3-10,16,19H,2,12H2,1H3. The van der Waals surface area contributed by atoms with Crippen LogP contribution >= 0.6 is 0 Å². The smallest absolute Gasteiger partial charge is 0.121 e. The fraction of sp³-hybridized carbons (Fsp3) is 0.250. The van der Waals surface area contributed by atoms with Crippen molar-refractivity contribution in [3.63, 3.8) is 0 Å². The predicted octanol–water partition coefficient (Wildman–Crippen LogP) is 2.83. The molecule has 0 aliphatic heterocycles. The fourth-order valence-corrected chi connectivity index (χ4v) is 1.88. The summed E-state index contributed by atoms with van der Waals surface area (Å²) in [5, 5.41) is 12.5. The SMILES string of the molecule is CCOc1ccc(C(C#N)NCc2ccncc2)cc1. The maximum Gasteiger partial charge on any atom is 0.121 e. The van der Waals surface area contributed by atoms with Gasteiger partial charge in [-0.2, -0.15) is 5.26 Å². The number of nitrogens with one attached hydrogen (secondary N) is 1. The van der Waals surface area contributed by atoms with E-state index in [1.807, 2.05) is 43.3 Å². The van der Waals surface area contributed by atoms with Crippen molar-refractivity contribution < 1.29 is 4.74 Å². The van der Waals surface area contributed by atoms with Crippen LogP contribution in [0.4, 0.5) is 0 Å². The van der Waals surface area contributed by atoms with Crippen LogP contribution in [0.3, 0.4) is 0 Å². The van der Waals surface area contributed by atoms with Crippen LogP contribution in [0.5, 0.6) is 5.75 Å². The van der Waals surface area contributed by atoms with Crippen molar-refractivity contribution >= 4 is 0 Å². The highest BCUT2D eigenvalue weighted by molar-refractivity contribution is 5.31. The number of nitriles is 1. The minimum absolute atomic E-state index is 0.334. The molecule has 1 heterocycles. The van der Waals surface area contributed by atoms with Crippen LogP contribution in [-0.4, -0.2) is 11.6 Å². The Kier molecular flexibility index (Phi) is 5.10. The summed E-state index contributed by atoms with van der Waals surface area (Å²) in [5.41, 5.74) is 2.04. The Balaban J connectivity index is 1.99. The molecule has 0 saturated heterocycles. The van der Waals surface area contributed by atoms with Gasteiger partial charge in [0.2, 0.25) is 0 Å². The monoisotopic (exact) mass is 267 g/mol. The molecular weight excluding hydrogens is 250 g/mol. The first-order valence-corrected chi connectivity index (χ1v) is 6.58. The van der Waals surface area contributed by atoms with Crippen molar-refractivity contribution in [2.45, 2.75) is 19.5 Å². The first-order chi connectivity index (χ1) is 9.83. The first-order valence-electron chi connectivity index (χ1n) is 6.58. The molecule has 102 valence electrons. The number of nitrogens with zero attached hydrogens (tertiary/aromatic N) is 2. The summed E-state index contributed by atoms with van der Waals surface area (Å²) in [6.07, 6.45) is 3.49. The number of aromatic nitrogens is 1. The van der Waals surface area contributed by atoms with Crippen molar-refractivity contribution in [1.82, 2.24) is 10.3 Å². The Labute approximate surface area is 119 Å². The van der Waals surface area contributed by atoms with E-state index >= 15 is 0 Å². The van der Waals surface area contributed by atoms with Gasteiger partial charge < -0.3 is 4.74 Å². The average Bonchev–Trinajstić information content (AvgIpc) is 2.51. The van der Waals surface area contributed by atoms with E-state index in [1.165, 1.54) is 0 Å². The summed E-state index contributed by atoms with van der Waals surface area (Å²) < 4.78 is 5.39. The summed E-state index contributed by atoms with van der Waals surface area (Å²) in [6, 6.07) is 13.4. The summed E-state index contributed by atoms with van der Waals surface area (Å²) in [4.78, 5) is 3.97. The maximum atomic E-state index is 9.27. The van der Waals surface area contributed by atoms with Gasteiger partial charge in [0.05, 0.1) is 12.7 Å². The second kappa shape index (κ2) is 7.27. The van der Waals surface area contributed by atoms with E-state index in [4.69, 9.17) is 4.74 Å². The molecule has 2 rings (SSSR count). The number of benzene rings is 1. The molecule has 4 heteroatoms. The molecule has 2 aromatic rings. The lowest BCUT2D eigenvalue weighted by molar-refractivity contribution is 0.340. The van der Waals surface area contributed by atoms with Gasteiger partial charge in [0.25, 0.3) is 0 Å². The zero-order valence-electron chi connectivity index (χ0n) is 11.4. The summed E-state index contributed by atoms with van der Waals surface area (Å²) in [7, 11) is 0. The van der Waals surface area contributed by atoms with Crippen molar-refractivity contribution in [3.05, 3.63) is 59.9 Å². The van der Waals surface area contributed by atoms with E-state index < -0.39 is 0 Å². The van der Waals surface area contributed by atoms with E-state index in [1.54, 1.807) is 12.4 Å². The van der Waals surface area contributed by atoms with Crippen LogP contribution in [-0.2, 0) is 6.54 Å². The third-order valence-electron chi connectivity index (χ3n) is 2.91. The van der Waals surface area contributed by atoms with E-state index in [-0.39, 0.29) is 6.04 Å². The van der Waals surface area contributed by atoms with Crippen LogP contribution < -0.4 is 10.1 Å². The summed E-state index contributed by atoms with van der Waals surface area (Å²) >= 11 is 0. The predicted molar refractivity (Wildman–Crippen MR) is 77.0 cm³/mol. The van der Waals surface area contributed by atoms with Gasteiger partial charge in [-0.1, -0.05) is 12.1 Å². The Morgan fingerprint density at radius 2 is 1.90 bits per heavy atom. The molecule has 0 aliphatic carbocycles. The molecule has 0 radical (unpaired) electrons. The molecule has 20 heavy (non-hydrogen) atoms. The van der Waals surface area contributed by atoms with Gasteiger partial charge in [0.15, 0.2) is 0 Å². The maximum absolute atomic E-state index is 9.27. The van der Waals surface area contributed by atoms with E-state index in [9.17, 15) is 5.26 Å². The highest BCUT2D eigenvalue weighted by Gasteiger charge is 2.09. The second-order valence-electron chi connectivity index (χ2n) is 4.30. The van der Waals surface area contributed by atoms with Gasteiger partial charge >= 0.3 is 0 Å². The molecule has 4 nitrogen and oxygen atoms in total. The quantitative estimate of drug-likeness (QED) is 0.874. The largest absolute Gasteiger partial charge is 0.494 e. The molecule has 0 spiro atoms. The molecule has 0 fully saturated rings. The van der Waals surface area contributed by atoms with Gasteiger partial charge in [0, 0.05) is 18.9 Å². The minimum atomic E-state index is -0.334. The Morgan fingerprint density at radius 1 is 1.20 bits per heavy atom.